The lowest BCUT2D eigenvalue weighted by Gasteiger charge is -2.04. The maximum absolute atomic E-state index is 11.3. The van der Waals surface area contributed by atoms with Gasteiger partial charge in [0.05, 0.1) is 10.6 Å². The smallest absolute Gasteiger partial charge is 0.365 e. The number of carboxylic acids is 1. The minimum atomic E-state index is -1.05. The maximum Gasteiger partial charge on any atom is 0.365 e. The first-order valence-corrected chi connectivity index (χ1v) is 7.88. The van der Waals surface area contributed by atoms with Crippen molar-refractivity contribution in [1.29, 1.82) is 0 Å². The van der Waals surface area contributed by atoms with Crippen LogP contribution >= 0.6 is 34.5 Å². The lowest BCUT2D eigenvalue weighted by atomic mass is 10.1. The molecular weight excluding hydrogens is 341 g/mol. The Bertz CT molecular complexity index is 798. The lowest BCUT2D eigenvalue weighted by molar-refractivity contribution is 0.0696. The summed E-state index contributed by atoms with van der Waals surface area (Å²) in [5.74, 6) is -1.05. The normalized spacial score (nSPS) is 10.6. The Morgan fingerprint density at radius 3 is 2.18 bits per heavy atom. The Balaban J connectivity index is 2.22. The van der Waals surface area contributed by atoms with Crippen LogP contribution in [0.1, 0.15) is 9.80 Å². The van der Waals surface area contributed by atoms with Crippen molar-refractivity contribution >= 4 is 40.5 Å². The second kappa shape index (κ2) is 6.08. The van der Waals surface area contributed by atoms with Gasteiger partial charge in [-0.25, -0.2) is 9.78 Å². The van der Waals surface area contributed by atoms with Crippen molar-refractivity contribution in [2.75, 3.05) is 0 Å². The SMILES string of the molecule is O=C(O)c1nc(-c2cccc(Cl)c2)c(-c2cccc(Cl)c2)s1. The number of halogens is 2. The van der Waals surface area contributed by atoms with Crippen molar-refractivity contribution in [1.82, 2.24) is 4.98 Å². The molecule has 0 aliphatic rings. The highest BCUT2D eigenvalue weighted by molar-refractivity contribution is 7.17. The number of aromatic nitrogens is 1. The van der Waals surface area contributed by atoms with Gasteiger partial charge in [-0.2, -0.15) is 0 Å². The molecule has 0 amide bonds. The Labute approximate surface area is 140 Å². The van der Waals surface area contributed by atoms with E-state index in [1.54, 1.807) is 30.3 Å². The van der Waals surface area contributed by atoms with Crippen LogP contribution < -0.4 is 0 Å². The van der Waals surface area contributed by atoms with Crippen molar-refractivity contribution in [3.8, 4) is 21.7 Å². The second-order valence-corrected chi connectivity index (χ2v) is 6.39. The zero-order chi connectivity index (χ0) is 15.7. The van der Waals surface area contributed by atoms with Gasteiger partial charge in [0.25, 0.3) is 0 Å². The molecule has 0 bridgehead atoms. The molecule has 1 heterocycles. The molecule has 0 unspecified atom stereocenters. The van der Waals surface area contributed by atoms with Crippen molar-refractivity contribution in [2.24, 2.45) is 0 Å². The van der Waals surface area contributed by atoms with E-state index in [9.17, 15) is 9.90 Å². The molecule has 0 saturated heterocycles. The summed E-state index contributed by atoms with van der Waals surface area (Å²) in [7, 11) is 0. The Morgan fingerprint density at radius 2 is 1.59 bits per heavy atom. The predicted octanol–water partition coefficient (Wildman–Crippen LogP) is 5.48. The minimum Gasteiger partial charge on any atom is -0.476 e. The molecule has 0 fully saturated rings. The molecule has 0 aliphatic carbocycles. The van der Waals surface area contributed by atoms with Gasteiger partial charge in [-0.15, -0.1) is 11.3 Å². The number of rotatable bonds is 3. The number of carbonyl (C=O) groups is 1. The van der Waals surface area contributed by atoms with Gasteiger partial charge in [-0.1, -0.05) is 47.5 Å². The number of aromatic carboxylic acids is 1. The number of nitrogens with zero attached hydrogens (tertiary/aromatic N) is 1. The van der Waals surface area contributed by atoms with E-state index in [2.05, 4.69) is 4.98 Å². The molecule has 3 rings (SSSR count). The average molecular weight is 350 g/mol. The zero-order valence-electron chi connectivity index (χ0n) is 11.1. The zero-order valence-corrected chi connectivity index (χ0v) is 13.4. The maximum atomic E-state index is 11.3. The van der Waals surface area contributed by atoms with E-state index in [1.807, 2.05) is 18.2 Å². The van der Waals surface area contributed by atoms with E-state index in [1.165, 1.54) is 0 Å². The molecule has 3 aromatic rings. The van der Waals surface area contributed by atoms with Crippen molar-refractivity contribution in [3.63, 3.8) is 0 Å². The predicted molar refractivity (Wildman–Crippen MR) is 90.0 cm³/mol. The molecule has 0 aliphatic heterocycles. The third kappa shape index (κ3) is 2.99. The van der Waals surface area contributed by atoms with Crippen molar-refractivity contribution < 1.29 is 9.90 Å². The topological polar surface area (TPSA) is 50.2 Å². The van der Waals surface area contributed by atoms with E-state index >= 15 is 0 Å². The molecule has 0 radical (unpaired) electrons. The summed E-state index contributed by atoms with van der Waals surface area (Å²) in [6, 6.07) is 14.4. The van der Waals surface area contributed by atoms with Crippen LogP contribution in [0.4, 0.5) is 0 Å². The van der Waals surface area contributed by atoms with Gasteiger partial charge >= 0.3 is 5.97 Å². The highest BCUT2D eigenvalue weighted by Crippen LogP contribution is 2.38. The van der Waals surface area contributed by atoms with Gasteiger partial charge in [-0.05, 0) is 29.8 Å². The van der Waals surface area contributed by atoms with E-state index in [-0.39, 0.29) is 5.01 Å². The third-order valence-corrected chi connectivity index (χ3v) is 4.56. The molecule has 3 nitrogen and oxygen atoms in total. The highest BCUT2D eigenvalue weighted by atomic mass is 35.5. The Kier molecular flexibility index (Phi) is 4.16. The molecule has 110 valence electrons. The molecule has 22 heavy (non-hydrogen) atoms. The number of carboxylic acid groups (broad SMARTS) is 1. The molecular formula is C16H9Cl2NO2S. The molecule has 6 heteroatoms. The van der Waals surface area contributed by atoms with Crippen LogP contribution in [0.25, 0.3) is 21.7 Å². The molecule has 1 N–H and O–H groups in total. The fraction of sp³-hybridized carbons (Fsp3) is 0. The summed E-state index contributed by atoms with van der Waals surface area (Å²) < 4.78 is 0. The van der Waals surface area contributed by atoms with Crippen LogP contribution in [-0.2, 0) is 0 Å². The van der Waals surface area contributed by atoms with Crippen LogP contribution in [0.5, 0.6) is 0 Å². The fourth-order valence-corrected chi connectivity index (χ4v) is 3.37. The number of hydrogen-bond donors (Lipinski definition) is 1. The molecule has 1 aromatic heterocycles. The van der Waals surface area contributed by atoms with Crippen molar-refractivity contribution in [3.05, 3.63) is 63.6 Å². The fourth-order valence-electron chi connectivity index (χ4n) is 2.07. The van der Waals surface area contributed by atoms with Gasteiger partial charge in [0.1, 0.15) is 0 Å². The quantitative estimate of drug-likeness (QED) is 0.680. The van der Waals surface area contributed by atoms with Crippen LogP contribution in [0.15, 0.2) is 48.5 Å². The van der Waals surface area contributed by atoms with E-state index in [4.69, 9.17) is 23.2 Å². The van der Waals surface area contributed by atoms with Crippen LogP contribution in [0.3, 0.4) is 0 Å². The van der Waals surface area contributed by atoms with Gasteiger partial charge < -0.3 is 5.11 Å². The third-order valence-electron chi connectivity index (χ3n) is 2.99. The van der Waals surface area contributed by atoms with E-state index < -0.39 is 5.97 Å². The first-order chi connectivity index (χ1) is 10.5. The first kappa shape index (κ1) is 15.0. The number of benzene rings is 2. The summed E-state index contributed by atoms with van der Waals surface area (Å²) in [5.41, 5.74) is 2.19. The second-order valence-electron chi connectivity index (χ2n) is 4.52. The number of hydrogen-bond acceptors (Lipinski definition) is 3. The standard InChI is InChI=1S/C16H9Cl2NO2S/c17-11-5-1-3-9(7-11)13-14(22-15(19-13)16(20)21)10-4-2-6-12(18)8-10/h1-8H,(H,20,21). The van der Waals surface area contributed by atoms with Crippen LogP contribution in [0, 0.1) is 0 Å². The molecule has 2 aromatic carbocycles. The summed E-state index contributed by atoms with van der Waals surface area (Å²) >= 11 is 13.2. The van der Waals surface area contributed by atoms with Crippen LogP contribution in [-0.4, -0.2) is 16.1 Å². The minimum absolute atomic E-state index is 0.0324. The van der Waals surface area contributed by atoms with Gasteiger partial charge in [-0.3, -0.25) is 0 Å². The highest BCUT2D eigenvalue weighted by Gasteiger charge is 2.19. The summed E-state index contributed by atoms with van der Waals surface area (Å²) in [5, 5.41) is 10.4. The molecule has 0 atom stereocenters. The summed E-state index contributed by atoms with van der Waals surface area (Å²) in [6.07, 6.45) is 0. The van der Waals surface area contributed by atoms with E-state index in [0.29, 0.717) is 15.7 Å². The average Bonchev–Trinajstić information content (AvgIpc) is 2.92. The monoisotopic (exact) mass is 349 g/mol. The molecule has 0 spiro atoms. The van der Waals surface area contributed by atoms with Gasteiger partial charge in [0.15, 0.2) is 0 Å². The van der Waals surface area contributed by atoms with Crippen molar-refractivity contribution in [2.45, 2.75) is 0 Å². The Morgan fingerprint density at radius 1 is 1.00 bits per heavy atom. The largest absolute Gasteiger partial charge is 0.476 e. The Hall–Kier alpha value is -1.88. The lowest BCUT2D eigenvalue weighted by Crippen LogP contribution is -1.94. The van der Waals surface area contributed by atoms with E-state index in [0.717, 1.165) is 27.3 Å². The number of thiazole rings is 1. The summed E-state index contributed by atoms with van der Waals surface area (Å²) in [6.45, 7) is 0. The summed E-state index contributed by atoms with van der Waals surface area (Å²) in [4.78, 5) is 16.3. The first-order valence-electron chi connectivity index (χ1n) is 6.30. The van der Waals surface area contributed by atoms with Gasteiger partial charge in [0, 0.05) is 15.6 Å². The van der Waals surface area contributed by atoms with Gasteiger partial charge in [0.2, 0.25) is 5.01 Å². The molecule has 0 saturated carbocycles. The van der Waals surface area contributed by atoms with Crippen LogP contribution in [0.2, 0.25) is 10.0 Å².